The summed E-state index contributed by atoms with van der Waals surface area (Å²) in [5.74, 6) is 1.56. The Morgan fingerprint density at radius 3 is 2.74 bits per heavy atom. The van der Waals surface area contributed by atoms with E-state index in [-0.39, 0.29) is 5.91 Å². The second kappa shape index (κ2) is 7.94. The van der Waals surface area contributed by atoms with Crippen LogP contribution < -0.4 is 11.1 Å². The summed E-state index contributed by atoms with van der Waals surface area (Å²) in [4.78, 5) is 11.8. The summed E-state index contributed by atoms with van der Waals surface area (Å²) in [5, 5.41) is 9.84. The van der Waals surface area contributed by atoms with Crippen LogP contribution in [-0.4, -0.2) is 22.6 Å². The monoisotopic (exact) mass is 266 g/mol. The Bertz CT molecular complexity index is 387. The van der Waals surface area contributed by atoms with Gasteiger partial charge in [0.05, 0.1) is 0 Å². The Hall–Kier alpha value is -1.36. The number of nitrogens with two attached hydrogens (primary N) is 1. The van der Waals surface area contributed by atoms with Crippen molar-refractivity contribution in [3.63, 3.8) is 0 Å². The molecule has 1 amide bonds. The molecule has 0 aromatic carbocycles. The summed E-state index contributed by atoms with van der Waals surface area (Å²) in [6.45, 7) is 6.99. The summed E-state index contributed by atoms with van der Waals surface area (Å²) in [5.41, 5.74) is 6.58. The fourth-order valence-electron chi connectivity index (χ4n) is 2.03. The van der Waals surface area contributed by atoms with Gasteiger partial charge in [-0.05, 0) is 31.2 Å². The molecule has 5 heteroatoms. The van der Waals surface area contributed by atoms with E-state index in [9.17, 15) is 4.79 Å². The van der Waals surface area contributed by atoms with Crippen molar-refractivity contribution < 1.29 is 4.79 Å². The maximum atomic E-state index is 11.8. The van der Waals surface area contributed by atoms with E-state index in [1.165, 1.54) is 0 Å². The Labute approximate surface area is 115 Å². The molecule has 1 aromatic rings. The average Bonchev–Trinajstić information content (AvgIpc) is 2.83. The van der Waals surface area contributed by atoms with Gasteiger partial charge in [0.15, 0.2) is 5.82 Å². The summed E-state index contributed by atoms with van der Waals surface area (Å²) in [6, 6.07) is 1.89. The molecule has 0 saturated carbocycles. The summed E-state index contributed by atoms with van der Waals surface area (Å²) < 4.78 is 0. The van der Waals surface area contributed by atoms with Crippen molar-refractivity contribution in [1.82, 2.24) is 10.2 Å². The van der Waals surface area contributed by atoms with E-state index >= 15 is 0 Å². The number of nitrogens with one attached hydrogen (secondary N) is 2. The van der Waals surface area contributed by atoms with Gasteiger partial charge in [-0.15, -0.1) is 0 Å². The van der Waals surface area contributed by atoms with E-state index in [4.69, 9.17) is 5.73 Å². The highest BCUT2D eigenvalue weighted by Crippen LogP contribution is 2.17. The van der Waals surface area contributed by atoms with Crippen LogP contribution in [0.15, 0.2) is 6.07 Å². The highest BCUT2D eigenvalue weighted by atomic mass is 16.1. The van der Waals surface area contributed by atoms with E-state index in [2.05, 4.69) is 36.3 Å². The van der Waals surface area contributed by atoms with Gasteiger partial charge in [0.1, 0.15) is 0 Å². The zero-order valence-electron chi connectivity index (χ0n) is 12.2. The molecule has 0 aliphatic rings. The first-order chi connectivity index (χ1) is 9.06. The fraction of sp³-hybridized carbons (Fsp3) is 0.714. The number of nitrogens with zero attached hydrogens (tertiary/aromatic N) is 1. The van der Waals surface area contributed by atoms with Gasteiger partial charge < -0.3 is 11.1 Å². The van der Waals surface area contributed by atoms with Crippen LogP contribution in [-0.2, 0) is 4.79 Å². The van der Waals surface area contributed by atoms with Crippen LogP contribution in [0.4, 0.5) is 5.82 Å². The number of rotatable bonds is 8. The average molecular weight is 266 g/mol. The second-order valence-corrected chi connectivity index (χ2v) is 5.30. The van der Waals surface area contributed by atoms with Crippen molar-refractivity contribution in [3.8, 4) is 0 Å². The quantitative estimate of drug-likeness (QED) is 0.676. The largest absolute Gasteiger partial charge is 0.330 e. The molecule has 1 unspecified atom stereocenters. The first-order valence-corrected chi connectivity index (χ1v) is 7.12. The van der Waals surface area contributed by atoms with Crippen LogP contribution in [0.25, 0.3) is 0 Å². The standard InChI is InChI=1S/C14H26N4O/c1-4-11(7-8-15)5-6-14(19)16-13-9-12(10(2)3)17-18-13/h9-11H,4-8,15H2,1-3H3,(H2,16,17,18,19). The SMILES string of the molecule is CCC(CCN)CCC(=O)Nc1cc(C(C)C)[nH]n1. The lowest BCUT2D eigenvalue weighted by molar-refractivity contribution is -0.116. The molecule has 19 heavy (non-hydrogen) atoms. The lowest BCUT2D eigenvalue weighted by Crippen LogP contribution is -2.15. The van der Waals surface area contributed by atoms with Crippen LogP contribution in [0, 0.1) is 5.92 Å². The van der Waals surface area contributed by atoms with Crippen LogP contribution >= 0.6 is 0 Å². The Kier molecular flexibility index (Phi) is 6.56. The third-order valence-electron chi connectivity index (χ3n) is 3.42. The number of amides is 1. The molecule has 0 spiro atoms. The lowest BCUT2D eigenvalue weighted by Gasteiger charge is -2.12. The van der Waals surface area contributed by atoms with Gasteiger partial charge in [-0.1, -0.05) is 27.2 Å². The summed E-state index contributed by atoms with van der Waals surface area (Å²) in [7, 11) is 0. The van der Waals surface area contributed by atoms with Crippen LogP contribution in [0.1, 0.15) is 58.1 Å². The predicted molar refractivity (Wildman–Crippen MR) is 78.0 cm³/mol. The van der Waals surface area contributed by atoms with Crippen molar-refractivity contribution in [3.05, 3.63) is 11.8 Å². The molecule has 4 N–H and O–H groups in total. The highest BCUT2D eigenvalue weighted by molar-refractivity contribution is 5.89. The Morgan fingerprint density at radius 2 is 2.21 bits per heavy atom. The van der Waals surface area contributed by atoms with Crippen molar-refractivity contribution in [1.29, 1.82) is 0 Å². The molecule has 0 fully saturated rings. The first kappa shape index (κ1) is 15.7. The van der Waals surface area contributed by atoms with E-state index in [1.807, 2.05) is 6.07 Å². The van der Waals surface area contributed by atoms with Crippen molar-refractivity contribution in [2.45, 2.75) is 52.4 Å². The molecule has 1 aromatic heterocycles. The topological polar surface area (TPSA) is 83.8 Å². The molecule has 0 aliphatic heterocycles. The third kappa shape index (κ3) is 5.42. The molecule has 0 radical (unpaired) electrons. The lowest BCUT2D eigenvalue weighted by atomic mass is 9.96. The van der Waals surface area contributed by atoms with E-state index < -0.39 is 0 Å². The van der Waals surface area contributed by atoms with E-state index in [1.54, 1.807) is 0 Å². The van der Waals surface area contributed by atoms with Gasteiger partial charge in [0.25, 0.3) is 0 Å². The maximum Gasteiger partial charge on any atom is 0.225 e. The number of carbonyl (C=O) groups excluding carboxylic acids is 1. The molecule has 0 bridgehead atoms. The number of hydrogen-bond acceptors (Lipinski definition) is 3. The van der Waals surface area contributed by atoms with Crippen LogP contribution in [0.5, 0.6) is 0 Å². The second-order valence-electron chi connectivity index (χ2n) is 5.30. The molecular weight excluding hydrogens is 240 g/mol. The van der Waals surface area contributed by atoms with E-state index in [0.29, 0.717) is 30.6 Å². The summed E-state index contributed by atoms with van der Waals surface area (Å²) >= 11 is 0. The molecule has 0 aliphatic carbocycles. The molecule has 1 heterocycles. The van der Waals surface area contributed by atoms with Crippen LogP contribution in [0.2, 0.25) is 0 Å². The number of anilines is 1. The fourth-order valence-corrected chi connectivity index (χ4v) is 2.03. The van der Waals surface area contributed by atoms with Gasteiger partial charge in [-0.25, -0.2) is 0 Å². The number of carbonyl (C=O) groups is 1. The molecular formula is C14H26N4O. The number of aromatic nitrogens is 2. The first-order valence-electron chi connectivity index (χ1n) is 7.12. The maximum absolute atomic E-state index is 11.8. The minimum absolute atomic E-state index is 0.0253. The number of aromatic amines is 1. The predicted octanol–water partition coefficient (Wildman–Crippen LogP) is 2.63. The third-order valence-corrected chi connectivity index (χ3v) is 3.42. The van der Waals surface area contributed by atoms with Gasteiger partial charge in [-0.3, -0.25) is 9.89 Å². The number of H-pyrrole nitrogens is 1. The minimum atomic E-state index is 0.0253. The van der Waals surface area contributed by atoms with Gasteiger partial charge in [0, 0.05) is 18.2 Å². The van der Waals surface area contributed by atoms with E-state index in [0.717, 1.165) is 25.0 Å². The Morgan fingerprint density at radius 1 is 1.47 bits per heavy atom. The van der Waals surface area contributed by atoms with Crippen molar-refractivity contribution >= 4 is 11.7 Å². The van der Waals surface area contributed by atoms with Crippen molar-refractivity contribution in [2.24, 2.45) is 11.7 Å². The zero-order valence-corrected chi connectivity index (χ0v) is 12.2. The molecule has 5 nitrogen and oxygen atoms in total. The molecule has 1 rings (SSSR count). The van der Waals surface area contributed by atoms with Gasteiger partial charge in [0.2, 0.25) is 5.91 Å². The number of hydrogen-bond donors (Lipinski definition) is 3. The van der Waals surface area contributed by atoms with Crippen LogP contribution in [0.3, 0.4) is 0 Å². The van der Waals surface area contributed by atoms with Crippen molar-refractivity contribution in [2.75, 3.05) is 11.9 Å². The smallest absolute Gasteiger partial charge is 0.225 e. The Balaban J connectivity index is 2.37. The van der Waals surface area contributed by atoms with Gasteiger partial charge in [-0.2, -0.15) is 5.10 Å². The minimum Gasteiger partial charge on any atom is -0.330 e. The molecule has 108 valence electrons. The molecule has 1 atom stereocenters. The van der Waals surface area contributed by atoms with Gasteiger partial charge >= 0.3 is 0 Å². The highest BCUT2D eigenvalue weighted by Gasteiger charge is 2.11. The molecule has 0 saturated heterocycles. The summed E-state index contributed by atoms with van der Waals surface area (Å²) in [6.07, 6.45) is 3.48. The zero-order chi connectivity index (χ0) is 14.3. The normalized spacial score (nSPS) is 12.7.